The zero-order valence-electron chi connectivity index (χ0n) is 30.3. The summed E-state index contributed by atoms with van der Waals surface area (Å²) in [6.07, 6.45) is 14.4. The highest BCUT2D eigenvalue weighted by Gasteiger charge is 2.68. The van der Waals surface area contributed by atoms with Crippen molar-refractivity contribution in [3.8, 4) is 0 Å². The lowest BCUT2D eigenvalue weighted by molar-refractivity contribution is -0.272. The molecule has 5 fully saturated rings. The zero-order valence-corrected chi connectivity index (χ0v) is 31.3. The Hall–Kier alpha value is -1.72. The molecule has 8 rings (SSSR count). The van der Waals surface area contributed by atoms with Crippen molar-refractivity contribution in [2.24, 2.45) is 46.3 Å². The Labute approximate surface area is 286 Å². The molecule has 3 saturated carbocycles. The second-order valence-corrected chi connectivity index (χ2v) is 22.7. The van der Waals surface area contributed by atoms with Crippen LogP contribution >= 0.6 is 0 Å². The van der Waals surface area contributed by atoms with Crippen LogP contribution in [-0.4, -0.2) is 32.9 Å². The predicted octanol–water partition coefficient (Wildman–Crippen LogP) is 9.30. The molecule has 1 spiro atoms. The zero-order chi connectivity index (χ0) is 32.8. The van der Waals surface area contributed by atoms with Gasteiger partial charge in [0, 0.05) is 18.4 Å². The molecule has 6 aliphatic rings. The van der Waals surface area contributed by atoms with Crippen molar-refractivity contribution in [3.63, 3.8) is 0 Å². The van der Waals surface area contributed by atoms with Crippen molar-refractivity contribution in [3.05, 3.63) is 72.3 Å². The highest BCUT2D eigenvalue weighted by atomic mass is 28.4. The van der Waals surface area contributed by atoms with E-state index >= 15 is 0 Å². The highest BCUT2D eigenvalue weighted by molar-refractivity contribution is 6.99. The Balaban J connectivity index is 1.05. The lowest BCUT2D eigenvalue weighted by atomic mass is 9.47. The number of fused-ring (bicyclic) bond motifs is 7. The molecule has 0 radical (unpaired) electrons. The first-order valence-electron chi connectivity index (χ1n) is 19.2. The van der Waals surface area contributed by atoms with E-state index in [2.05, 4.69) is 115 Å². The third kappa shape index (κ3) is 4.81. The van der Waals surface area contributed by atoms with Crippen molar-refractivity contribution in [1.29, 1.82) is 0 Å². The Morgan fingerprint density at radius 1 is 0.830 bits per heavy atom. The number of ether oxygens (including phenoxy) is 2. The normalized spacial score (nSPS) is 43.1. The van der Waals surface area contributed by atoms with E-state index in [9.17, 15) is 0 Å². The van der Waals surface area contributed by atoms with Crippen molar-refractivity contribution >= 4 is 18.7 Å². The van der Waals surface area contributed by atoms with Gasteiger partial charge in [0.25, 0.3) is 8.32 Å². The van der Waals surface area contributed by atoms with Gasteiger partial charge >= 0.3 is 0 Å². The molecule has 0 unspecified atom stereocenters. The van der Waals surface area contributed by atoms with Gasteiger partial charge < -0.3 is 13.9 Å². The van der Waals surface area contributed by atoms with Crippen LogP contribution in [0, 0.1) is 46.3 Å². The van der Waals surface area contributed by atoms with E-state index in [0.717, 1.165) is 43.6 Å². The smallest absolute Gasteiger partial charge is 0.261 e. The van der Waals surface area contributed by atoms with Gasteiger partial charge in [-0.25, -0.2) is 0 Å². The minimum atomic E-state index is -2.57. The average molecular weight is 653 g/mol. The molecule has 2 heterocycles. The van der Waals surface area contributed by atoms with Crippen LogP contribution in [0.4, 0.5) is 0 Å². The lowest BCUT2D eigenvalue weighted by Gasteiger charge is -2.59. The van der Waals surface area contributed by atoms with Crippen LogP contribution in [0.3, 0.4) is 0 Å². The molecule has 0 bridgehead atoms. The first-order valence-corrected chi connectivity index (χ1v) is 21.1. The average Bonchev–Trinajstić information content (AvgIpc) is 3.51. The monoisotopic (exact) mass is 652 g/mol. The topological polar surface area (TPSA) is 27.7 Å². The van der Waals surface area contributed by atoms with Crippen molar-refractivity contribution in [2.45, 2.75) is 129 Å². The van der Waals surface area contributed by atoms with Gasteiger partial charge in [-0.3, -0.25) is 0 Å². The van der Waals surface area contributed by atoms with E-state index in [0.29, 0.717) is 34.7 Å². The standard InChI is InChI=1S/C43H60O3Si/c1-29-20-25-43(44-28-29)30(2)39-38(45-43)27-37-35-19-18-31-26-32(21-23-41(31,6)36(35)22-24-42(37,39)7)46-47(40(3,4)5,33-14-10-8-11-15-33)34-16-12-9-13-17-34/h8-18,29-30,32,35-39H,19-28H2,1-7H3/t29-,30+,32+,35-,36+,37+,38+,39+,41+,42+,43-/m1/s1. The Morgan fingerprint density at radius 3 is 2.13 bits per heavy atom. The summed E-state index contributed by atoms with van der Waals surface area (Å²) in [5.74, 6) is 3.79. The maximum absolute atomic E-state index is 7.72. The van der Waals surface area contributed by atoms with Crippen LogP contribution in [-0.2, 0) is 13.9 Å². The fraction of sp³-hybridized carbons (Fsp3) is 0.674. The first-order chi connectivity index (χ1) is 22.4. The molecule has 4 aliphatic carbocycles. The summed E-state index contributed by atoms with van der Waals surface area (Å²) in [7, 11) is -2.57. The quantitative estimate of drug-likeness (QED) is 0.243. The second-order valence-electron chi connectivity index (χ2n) is 18.4. The maximum Gasteiger partial charge on any atom is 0.261 e. The van der Waals surface area contributed by atoms with Crippen LogP contribution in [0.2, 0.25) is 5.04 Å². The molecule has 4 heteroatoms. The van der Waals surface area contributed by atoms with E-state index in [1.54, 1.807) is 5.57 Å². The van der Waals surface area contributed by atoms with Crippen LogP contribution in [0.1, 0.15) is 106 Å². The molecule has 0 aromatic heterocycles. The summed E-state index contributed by atoms with van der Waals surface area (Å²) in [4.78, 5) is 0. The minimum Gasteiger partial charge on any atom is -0.404 e. The molecule has 2 aliphatic heterocycles. The molecule has 254 valence electrons. The van der Waals surface area contributed by atoms with Crippen LogP contribution in [0.5, 0.6) is 0 Å². The number of benzene rings is 2. The van der Waals surface area contributed by atoms with Gasteiger partial charge in [-0.2, -0.15) is 0 Å². The fourth-order valence-corrected chi connectivity index (χ4v) is 17.4. The second kappa shape index (κ2) is 11.4. The third-order valence-corrected chi connectivity index (χ3v) is 20.2. The number of hydrogen-bond acceptors (Lipinski definition) is 3. The van der Waals surface area contributed by atoms with Crippen molar-refractivity contribution < 1.29 is 13.9 Å². The molecule has 3 nitrogen and oxygen atoms in total. The van der Waals surface area contributed by atoms with Gasteiger partial charge in [0.05, 0.1) is 12.7 Å². The van der Waals surface area contributed by atoms with Gasteiger partial charge in [-0.05, 0) is 107 Å². The van der Waals surface area contributed by atoms with Gasteiger partial charge in [0.1, 0.15) is 0 Å². The number of hydrogen-bond donors (Lipinski definition) is 0. The molecule has 2 aromatic carbocycles. The predicted molar refractivity (Wildman–Crippen MR) is 194 cm³/mol. The van der Waals surface area contributed by atoms with Gasteiger partial charge in [0.2, 0.25) is 0 Å². The fourth-order valence-electron chi connectivity index (χ4n) is 12.7. The highest BCUT2D eigenvalue weighted by Crippen LogP contribution is 2.70. The van der Waals surface area contributed by atoms with Crippen LogP contribution < -0.4 is 10.4 Å². The largest absolute Gasteiger partial charge is 0.404 e. The van der Waals surface area contributed by atoms with Crippen molar-refractivity contribution in [2.75, 3.05) is 6.61 Å². The van der Waals surface area contributed by atoms with Gasteiger partial charge in [-0.1, -0.05) is 121 Å². The Bertz CT molecular complexity index is 1430. The molecule has 47 heavy (non-hydrogen) atoms. The van der Waals surface area contributed by atoms with E-state index in [4.69, 9.17) is 13.9 Å². The van der Waals surface area contributed by atoms with E-state index in [-0.39, 0.29) is 16.9 Å². The van der Waals surface area contributed by atoms with Crippen LogP contribution in [0.25, 0.3) is 0 Å². The van der Waals surface area contributed by atoms with Crippen LogP contribution in [0.15, 0.2) is 72.3 Å². The first kappa shape index (κ1) is 32.5. The summed E-state index contributed by atoms with van der Waals surface area (Å²) in [5, 5.41) is 2.80. The minimum absolute atomic E-state index is 0.00949. The molecule has 11 atom stereocenters. The summed E-state index contributed by atoms with van der Waals surface area (Å²) in [6, 6.07) is 22.5. The van der Waals surface area contributed by atoms with Gasteiger partial charge in [0.15, 0.2) is 5.79 Å². The summed E-state index contributed by atoms with van der Waals surface area (Å²) in [6.45, 7) is 18.2. The van der Waals surface area contributed by atoms with Crippen molar-refractivity contribution in [1.82, 2.24) is 0 Å². The third-order valence-electron chi connectivity index (χ3n) is 15.1. The number of allylic oxidation sites excluding steroid dienone is 1. The maximum atomic E-state index is 7.72. The van der Waals surface area contributed by atoms with E-state index in [1.807, 2.05) is 0 Å². The SMILES string of the molecule is C[C@@H]1CC[C@@]2(OC1)O[C@H]1C[C@H]3[C@@H]4CC=C5C[C@@H](O[Si](c6ccccc6)(c6ccccc6)C(C)(C)C)CC[C@]5(C)[C@H]4CC[C@]3(C)[C@H]1[C@@H]2C. The Morgan fingerprint density at radius 2 is 1.51 bits per heavy atom. The van der Waals surface area contributed by atoms with E-state index in [1.165, 1.54) is 48.9 Å². The summed E-state index contributed by atoms with van der Waals surface area (Å²) >= 11 is 0. The summed E-state index contributed by atoms with van der Waals surface area (Å²) in [5.41, 5.74) is 2.37. The molecular weight excluding hydrogens is 593 g/mol. The molecular formula is C43H60O3Si. The molecule has 2 saturated heterocycles. The van der Waals surface area contributed by atoms with E-state index < -0.39 is 8.32 Å². The lowest BCUT2D eigenvalue weighted by Crippen LogP contribution is -2.68. The summed E-state index contributed by atoms with van der Waals surface area (Å²) < 4.78 is 21.4. The molecule has 0 N–H and O–H groups in total. The Kier molecular flexibility index (Phi) is 7.88. The number of rotatable bonds is 4. The molecule has 0 amide bonds. The van der Waals surface area contributed by atoms with Gasteiger partial charge in [-0.15, -0.1) is 0 Å². The molecule has 2 aromatic rings.